The zero-order chi connectivity index (χ0) is 42.7. The Balaban J connectivity index is 0.000000330. The monoisotopic (exact) mass is 820 g/mol. The van der Waals surface area contributed by atoms with Crippen LogP contribution in [-0.4, -0.2) is 63.8 Å². The Kier molecular flexibility index (Phi) is 16.8. The van der Waals surface area contributed by atoms with Crippen LogP contribution in [0.15, 0.2) is 84.9 Å². The van der Waals surface area contributed by atoms with Gasteiger partial charge in [-0.3, -0.25) is 4.79 Å². The Bertz CT molecular complexity index is 2050. The topological polar surface area (TPSA) is 170 Å². The van der Waals surface area contributed by atoms with Gasteiger partial charge < -0.3 is 45.0 Å². The average molecular weight is 821 g/mol. The summed E-state index contributed by atoms with van der Waals surface area (Å²) in [4.78, 5) is 22.6. The van der Waals surface area contributed by atoms with Crippen LogP contribution in [0, 0.1) is 25.5 Å². The quantitative estimate of drug-likeness (QED) is 0.0950. The Morgan fingerprint density at radius 2 is 1.02 bits per heavy atom. The predicted octanol–water partition coefficient (Wildman–Crippen LogP) is 7.20. The third-order valence-corrected chi connectivity index (χ3v) is 10.7. The van der Waals surface area contributed by atoms with Gasteiger partial charge >= 0.3 is 20.2 Å². The molecule has 0 spiro atoms. The number of benzene rings is 4. The van der Waals surface area contributed by atoms with Crippen LogP contribution in [0.2, 0.25) is 0 Å². The summed E-state index contributed by atoms with van der Waals surface area (Å²) in [6, 6.07) is 21.4. The van der Waals surface area contributed by atoms with E-state index in [2.05, 4.69) is 33.0 Å². The molecule has 4 aromatic rings. The lowest BCUT2D eigenvalue weighted by atomic mass is 9.76. The Morgan fingerprint density at radius 3 is 1.39 bits per heavy atom. The molecule has 0 radical (unpaired) electrons. The van der Waals surface area contributed by atoms with Crippen LogP contribution in [0.5, 0.6) is 0 Å². The molecule has 0 aliphatic carbocycles. The van der Waals surface area contributed by atoms with Crippen molar-refractivity contribution >= 4 is 48.4 Å². The number of carboxylic acids is 1. The summed E-state index contributed by atoms with van der Waals surface area (Å²) >= 11 is 0. The molecule has 11 nitrogen and oxygen atoms in total. The molecular formula is C44H60B2F2N2O9. The van der Waals surface area contributed by atoms with Crippen molar-refractivity contribution in [1.82, 2.24) is 0 Å². The Morgan fingerprint density at radius 1 is 0.627 bits per heavy atom. The number of nitrogens with two attached hydrogens (primary N) is 1. The fourth-order valence-corrected chi connectivity index (χ4v) is 5.78. The summed E-state index contributed by atoms with van der Waals surface area (Å²) < 4.78 is 50.0. The van der Waals surface area contributed by atoms with Gasteiger partial charge in [-0.1, -0.05) is 51.3 Å². The normalized spacial score (nSPS) is 17.7. The molecular weight excluding hydrogens is 760 g/mol. The number of hydrogen-bond acceptors (Lipinski definition) is 9. The maximum absolute atomic E-state index is 13.3. The molecule has 2 fully saturated rings. The number of nitrogen functional groups attached to an aromatic ring is 1. The number of halogens is 2. The van der Waals surface area contributed by atoms with Crippen molar-refractivity contribution in [3.05, 3.63) is 119 Å². The van der Waals surface area contributed by atoms with Crippen LogP contribution < -0.4 is 22.0 Å². The summed E-state index contributed by atoms with van der Waals surface area (Å²) in [6.45, 7) is 20.1. The molecule has 0 aromatic heterocycles. The van der Waals surface area contributed by atoms with E-state index >= 15 is 0 Å². The predicted molar refractivity (Wildman–Crippen MR) is 231 cm³/mol. The number of carbonyl (C=O) groups excluding carboxylic acids is 1. The number of amides is 1. The third-order valence-electron chi connectivity index (χ3n) is 10.7. The van der Waals surface area contributed by atoms with Crippen molar-refractivity contribution in [2.24, 2.45) is 0 Å². The molecule has 2 saturated heterocycles. The molecule has 59 heavy (non-hydrogen) atoms. The lowest BCUT2D eigenvalue weighted by Gasteiger charge is -2.32. The number of aliphatic hydroxyl groups is 2. The minimum atomic E-state index is -1.65. The highest BCUT2D eigenvalue weighted by Crippen LogP contribution is 2.38. The van der Waals surface area contributed by atoms with E-state index in [1.807, 2.05) is 65.8 Å². The average Bonchev–Trinajstić information content (AvgIpc) is 3.46. The third kappa shape index (κ3) is 12.2. The number of hydrogen-bond donors (Lipinski definition) is 5. The number of anilines is 2. The fourth-order valence-electron chi connectivity index (χ4n) is 5.78. The van der Waals surface area contributed by atoms with Gasteiger partial charge in [0.2, 0.25) is 0 Å². The van der Waals surface area contributed by atoms with Crippen LogP contribution in [0.4, 0.5) is 20.2 Å². The standard InChI is InChI=1S/C21H25BFNO4.C13H20BNO2.C8H7FO3.2CH4/c1-13-11-16(24-19(26)18(25)14-7-6-8-15(23)12-14)9-10-17(13)22-27-20(2,3)21(4,5)28-22;1-9-8-10(15)6-7-11(9)14-16-12(2,3)13(4,5)17-14;9-6-3-1-2-5(4-6)7(10)8(11)12;;/h6-12,18,25H,1-5H3,(H,24,26);6-8H,15H2,1-5H3;1-4,7,10H,(H,11,12);2*1H4. The first-order chi connectivity index (χ1) is 26.3. The molecule has 2 atom stereocenters. The summed E-state index contributed by atoms with van der Waals surface area (Å²) in [7, 11) is -0.798. The van der Waals surface area contributed by atoms with Crippen molar-refractivity contribution in [3.8, 4) is 0 Å². The highest BCUT2D eigenvalue weighted by Gasteiger charge is 2.53. The maximum Gasteiger partial charge on any atom is 0.495 e. The molecule has 320 valence electrons. The number of nitrogens with one attached hydrogen (secondary N) is 1. The SMILES string of the molecule is C.C.Cc1cc(N)ccc1B1OC(C)(C)C(C)(C)O1.Cc1cc(NC(=O)C(O)c2cccc(F)c2)ccc1B1OC(C)(C)C(C)(C)O1.O=C(O)C(O)c1cccc(F)c1. The lowest BCUT2D eigenvalue weighted by Crippen LogP contribution is -2.41. The highest BCUT2D eigenvalue weighted by atomic mass is 19.1. The molecule has 2 heterocycles. The molecule has 4 aromatic carbocycles. The van der Waals surface area contributed by atoms with Gasteiger partial charge in [-0.05, 0) is 151 Å². The van der Waals surface area contributed by atoms with Crippen LogP contribution in [0.3, 0.4) is 0 Å². The lowest BCUT2D eigenvalue weighted by molar-refractivity contribution is -0.147. The van der Waals surface area contributed by atoms with Gasteiger partial charge in [-0.25, -0.2) is 13.6 Å². The van der Waals surface area contributed by atoms with E-state index in [-0.39, 0.29) is 44.3 Å². The smallest absolute Gasteiger partial charge is 0.479 e. The van der Waals surface area contributed by atoms with E-state index in [4.69, 9.17) is 34.6 Å². The van der Waals surface area contributed by atoms with E-state index in [9.17, 15) is 23.5 Å². The molecule has 2 unspecified atom stereocenters. The number of carboxylic acid groups (broad SMARTS) is 1. The van der Waals surface area contributed by atoms with E-state index in [1.165, 1.54) is 36.4 Å². The van der Waals surface area contributed by atoms with E-state index in [0.29, 0.717) is 5.69 Å². The van der Waals surface area contributed by atoms with Crippen molar-refractivity contribution in [2.45, 2.75) is 119 Å². The zero-order valence-electron chi connectivity index (χ0n) is 34.0. The van der Waals surface area contributed by atoms with Crippen LogP contribution in [0.1, 0.15) is 105 Å². The van der Waals surface area contributed by atoms with Gasteiger partial charge in [0.05, 0.1) is 22.4 Å². The first-order valence-corrected chi connectivity index (χ1v) is 18.4. The Hall–Kier alpha value is -4.63. The minimum Gasteiger partial charge on any atom is -0.479 e. The molecule has 1 amide bonds. The summed E-state index contributed by atoms with van der Waals surface area (Å²) in [5.41, 5.74) is 9.72. The summed E-state index contributed by atoms with van der Waals surface area (Å²) in [5.74, 6) is -3.09. The minimum absolute atomic E-state index is 0. The number of carbonyl (C=O) groups is 2. The van der Waals surface area contributed by atoms with Crippen LogP contribution in [-0.2, 0) is 28.2 Å². The van der Waals surface area contributed by atoms with Crippen LogP contribution >= 0.6 is 0 Å². The largest absolute Gasteiger partial charge is 0.495 e. The van der Waals surface area contributed by atoms with E-state index in [0.717, 1.165) is 39.9 Å². The van der Waals surface area contributed by atoms with Gasteiger partial charge in [0, 0.05) is 11.4 Å². The first kappa shape index (κ1) is 50.5. The van der Waals surface area contributed by atoms with Crippen molar-refractivity contribution in [3.63, 3.8) is 0 Å². The highest BCUT2D eigenvalue weighted by molar-refractivity contribution is 6.63. The van der Waals surface area contributed by atoms with Gasteiger partial charge in [-0.2, -0.15) is 0 Å². The first-order valence-electron chi connectivity index (χ1n) is 18.4. The molecule has 6 N–H and O–H groups in total. The second-order valence-corrected chi connectivity index (χ2v) is 16.1. The van der Waals surface area contributed by atoms with Crippen molar-refractivity contribution < 1.29 is 52.3 Å². The van der Waals surface area contributed by atoms with E-state index in [1.54, 1.807) is 12.1 Å². The Labute approximate surface area is 348 Å². The summed E-state index contributed by atoms with van der Waals surface area (Å²) in [5, 5.41) is 30.1. The molecule has 0 saturated carbocycles. The molecule has 6 rings (SSSR count). The van der Waals surface area contributed by atoms with Gasteiger partial charge in [0.25, 0.3) is 5.91 Å². The molecule has 0 bridgehead atoms. The fraction of sp³-hybridized carbons (Fsp3) is 0.409. The van der Waals surface area contributed by atoms with Crippen molar-refractivity contribution in [2.75, 3.05) is 11.1 Å². The molecule has 2 aliphatic rings. The summed E-state index contributed by atoms with van der Waals surface area (Å²) in [6.07, 6.45) is -3.11. The molecule has 2 aliphatic heterocycles. The van der Waals surface area contributed by atoms with Crippen LogP contribution in [0.25, 0.3) is 0 Å². The van der Waals surface area contributed by atoms with Gasteiger partial charge in [0.15, 0.2) is 12.2 Å². The number of rotatable bonds is 7. The maximum atomic E-state index is 13.3. The second kappa shape index (κ2) is 19.6. The van der Waals surface area contributed by atoms with Gasteiger partial charge in [0.1, 0.15) is 11.6 Å². The van der Waals surface area contributed by atoms with E-state index < -0.39 is 54.0 Å². The molecule has 15 heteroatoms. The number of aliphatic hydroxyl groups excluding tert-OH is 2. The second-order valence-electron chi connectivity index (χ2n) is 16.1. The zero-order valence-corrected chi connectivity index (χ0v) is 34.0. The number of aliphatic carboxylic acids is 1. The van der Waals surface area contributed by atoms with Gasteiger partial charge in [-0.15, -0.1) is 0 Å². The number of aryl methyl sites for hydroxylation is 2. The van der Waals surface area contributed by atoms with Crippen molar-refractivity contribution in [1.29, 1.82) is 0 Å².